The van der Waals surface area contributed by atoms with Crippen LogP contribution in [0.15, 0.2) is 24.3 Å². The number of ketones is 1. The molecular formula is C12H13NO2S. The van der Waals surface area contributed by atoms with Crippen LogP contribution in [0.25, 0.3) is 0 Å². The quantitative estimate of drug-likeness (QED) is 0.479. The fourth-order valence-electron chi connectivity index (χ4n) is 1.28. The van der Waals surface area contributed by atoms with Crippen LogP contribution in [0.5, 0.6) is 0 Å². The molecule has 1 aromatic carbocycles. The highest BCUT2D eigenvalue weighted by atomic mass is 32.1. The number of carbonyl (C=O) groups is 2. The van der Waals surface area contributed by atoms with Gasteiger partial charge in [0.15, 0.2) is 5.78 Å². The zero-order chi connectivity index (χ0) is 12.1. The first-order chi connectivity index (χ1) is 7.54. The van der Waals surface area contributed by atoms with Crippen molar-refractivity contribution in [2.45, 2.75) is 13.3 Å². The van der Waals surface area contributed by atoms with Crippen LogP contribution < -0.4 is 5.73 Å². The summed E-state index contributed by atoms with van der Waals surface area (Å²) in [4.78, 5) is 22.4. The molecule has 0 aliphatic carbocycles. The molecule has 0 saturated heterocycles. The second-order valence-electron chi connectivity index (χ2n) is 3.68. The minimum Gasteiger partial charge on any atom is -0.389 e. The van der Waals surface area contributed by atoms with E-state index in [1.807, 2.05) is 0 Å². The molecule has 0 aromatic heterocycles. The van der Waals surface area contributed by atoms with E-state index >= 15 is 0 Å². The lowest BCUT2D eigenvalue weighted by atomic mass is 10.00. The Balaban J connectivity index is 2.77. The van der Waals surface area contributed by atoms with Gasteiger partial charge in [-0.05, 0) is 0 Å². The molecule has 0 radical (unpaired) electrons. The molecule has 3 nitrogen and oxygen atoms in total. The van der Waals surface area contributed by atoms with Crippen molar-refractivity contribution in [2.24, 2.45) is 11.7 Å². The van der Waals surface area contributed by atoms with Crippen molar-refractivity contribution in [3.63, 3.8) is 0 Å². The van der Waals surface area contributed by atoms with Crippen LogP contribution in [0.4, 0.5) is 0 Å². The van der Waals surface area contributed by atoms with Crippen molar-refractivity contribution >= 4 is 29.3 Å². The van der Waals surface area contributed by atoms with Crippen LogP contribution >= 0.6 is 12.2 Å². The molecule has 0 fully saturated rings. The van der Waals surface area contributed by atoms with Gasteiger partial charge in [-0.2, -0.15) is 0 Å². The minimum atomic E-state index is -0.247. The van der Waals surface area contributed by atoms with Gasteiger partial charge in [0.05, 0.1) is 0 Å². The molecule has 4 heteroatoms. The molecule has 0 amide bonds. The lowest BCUT2D eigenvalue weighted by Gasteiger charge is -2.04. The maximum atomic E-state index is 11.7. The molecule has 1 atom stereocenters. The number of carbonyl (C=O) groups excluding carboxylic acids is 2. The van der Waals surface area contributed by atoms with Gasteiger partial charge in [-0.3, -0.25) is 4.79 Å². The Morgan fingerprint density at radius 3 is 2.31 bits per heavy atom. The van der Waals surface area contributed by atoms with Crippen LogP contribution in [0.2, 0.25) is 0 Å². The molecule has 16 heavy (non-hydrogen) atoms. The highest BCUT2D eigenvalue weighted by Gasteiger charge is 2.10. The van der Waals surface area contributed by atoms with Gasteiger partial charge in [0, 0.05) is 23.5 Å². The van der Waals surface area contributed by atoms with Crippen molar-refractivity contribution < 1.29 is 9.59 Å². The number of rotatable bonds is 5. The second-order valence-corrected chi connectivity index (χ2v) is 4.12. The number of hydrogen-bond acceptors (Lipinski definition) is 3. The van der Waals surface area contributed by atoms with Crippen LogP contribution in [0.3, 0.4) is 0 Å². The highest BCUT2D eigenvalue weighted by molar-refractivity contribution is 7.80. The molecular weight excluding hydrogens is 222 g/mol. The molecule has 1 aromatic rings. The van der Waals surface area contributed by atoms with Crippen molar-refractivity contribution in [1.29, 1.82) is 0 Å². The summed E-state index contributed by atoms with van der Waals surface area (Å²) >= 11 is 4.81. The smallest absolute Gasteiger partial charge is 0.163 e. The van der Waals surface area contributed by atoms with Gasteiger partial charge in [-0.25, -0.2) is 0 Å². The monoisotopic (exact) mass is 235 g/mol. The minimum absolute atomic E-state index is 0.0471. The lowest BCUT2D eigenvalue weighted by Crippen LogP contribution is -2.10. The van der Waals surface area contributed by atoms with Crippen molar-refractivity contribution in [1.82, 2.24) is 0 Å². The molecule has 0 aliphatic heterocycles. The van der Waals surface area contributed by atoms with Gasteiger partial charge >= 0.3 is 0 Å². The predicted octanol–water partition coefficient (Wildman–Crippen LogP) is 1.73. The Bertz CT molecular complexity index is 412. The number of benzene rings is 1. The number of nitrogens with two attached hydrogens (primary N) is 1. The fourth-order valence-corrected chi connectivity index (χ4v) is 1.41. The van der Waals surface area contributed by atoms with Gasteiger partial charge in [0.25, 0.3) is 0 Å². The van der Waals surface area contributed by atoms with E-state index < -0.39 is 0 Å². The zero-order valence-electron chi connectivity index (χ0n) is 8.97. The summed E-state index contributed by atoms with van der Waals surface area (Å²) in [5, 5.41) is 0. The second kappa shape index (κ2) is 5.51. The van der Waals surface area contributed by atoms with E-state index in [2.05, 4.69) is 0 Å². The summed E-state index contributed by atoms with van der Waals surface area (Å²) in [5.41, 5.74) is 6.75. The third kappa shape index (κ3) is 3.24. The Morgan fingerprint density at radius 2 is 1.88 bits per heavy atom. The van der Waals surface area contributed by atoms with Gasteiger partial charge in [0.2, 0.25) is 0 Å². The first-order valence-electron chi connectivity index (χ1n) is 4.93. The Labute approximate surface area is 99.6 Å². The van der Waals surface area contributed by atoms with Gasteiger partial charge < -0.3 is 10.5 Å². The standard InChI is InChI=1S/C12H13NO2S/c1-8(7-14)6-11(15)9-2-4-10(5-3-9)12(13)16/h2-5,7-8H,6H2,1H3,(H2,13,16). The van der Waals surface area contributed by atoms with E-state index in [1.54, 1.807) is 31.2 Å². The van der Waals surface area contributed by atoms with E-state index in [9.17, 15) is 9.59 Å². The van der Waals surface area contributed by atoms with E-state index in [1.165, 1.54) is 0 Å². The van der Waals surface area contributed by atoms with Crippen LogP contribution in [0, 0.1) is 5.92 Å². The largest absolute Gasteiger partial charge is 0.389 e. The molecule has 1 unspecified atom stereocenters. The molecule has 84 valence electrons. The van der Waals surface area contributed by atoms with E-state index in [0.29, 0.717) is 10.6 Å². The van der Waals surface area contributed by atoms with E-state index in [4.69, 9.17) is 18.0 Å². The summed E-state index contributed by atoms with van der Waals surface area (Å²) in [6.45, 7) is 1.72. The first kappa shape index (κ1) is 12.5. The maximum absolute atomic E-state index is 11.7. The Morgan fingerprint density at radius 1 is 1.38 bits per heavy atom. The third-order valence-electron chi connectivity index (χ3n) is 2.23. The molecule has 0 aliphatic rings. The highest BCUT2D eigenvalue weighted by Crippen LogP contribution is 2.10. The molecule has 0 saturated carbocycles. The number of Topliss-reactive ketones (excluding diaryl/α,β-unsaturated/α-hetero) is 1. The van der Waals surface area contributed by atoms with Gasteiger partial charge in [0.1, 0.15) is 11.3 Å². The van der Waals surface area contributed by atoms with Crippen LogP contribution in [-0.4, -0.2) is 17.1 Å². The SMILES string of the molecule is CC(C=O)CC(=O)c1ccc(C(N)=S)cc1. The van der Waals surface area contributed by atoms with Gasteiger partial charge in [-0.1, -0.05) is 43.4 Å². The Kier molecular flexibility index (Phi) is 4.31. The Hall–Kier alpha value is -1.55. The molecule has 0 bridgehead atoms. The normalized spacial score (nSPS) is 11.8. The number of thiocarbonyl (C=S) groups is 1. The number of hydrogen-bond donors (Lipinski definition) is 1. The van der Waals surface area contributed by atoms with Gasteiger partial charge in [-0.15, -0.1) is 0 Å². The van der Waals surface area contributed by atoms with Crippen LogP contribution in [0.1, 0.15) is 29.3 Å². The summed E-state index contributed by atoms with van der Waals surface area (Å²) in [6.07, 6.45) is 1.01. The maximum Gasteiger partial charge on any atom is 0.163 e. The topological polar surface area (TPSA) is 60.2 Å². The summed E-state index contributed by atoms with van der Waals surface area (Å²) < 4.78 is 0. The molecule has 0 heterocycles. The molecule has 2 N–H and O–H groups in total. The first-order valence-corrected chi connectivity index (χ1v) is 5.33. The average molecular weight is 235 g/mol. The number of aldehydes is 1. The summed E-state index contributed by atoms with van der Waals surface area (Å²) in [7, 11) is 0. The zero-order valence-corrected chi connectivity index (χ0v) is 9.79. The van der Waals surface area contributed by atoms with Crippen molar-refractivity contribution in [3.8, 4) is 0 Å². The summed E-state index contributed by atoms with van der Waals surface area (Å²) in [6, 6.07) is 6.77. The van der Waals surface area contributed by atoms with Crippen molar-refractivity contribution in [3.05, 3.63) is 35.4 Å². The predicted molar refractivity (Wildman–Crippen MR) is 66.5 cm³/mol. The summed E-state index contributed by atoms with van der Waals surface area (Å²) in [5.74, 6) is -0.295. The fraction of sp³-hybridized carbons (Fsp3) is 0.250. The average Bonchev–Trinajstić information content (AvgIpc) is 2.28. The van der Waals surface area contributed by atoms with Crippen molar-refractivity contribution in [2.75, 3.05) is 0 Å². The third-order valence-corrected chi connectivity index (χ3v) is 2.47. The molecule has 1 rings (SSSR count). The van der Waals surface area contributed by atoms with Crippen LogP contribution in [-0.2, 0) is 4.79 Å². The van der Waals surface area contributed by atoms with E-state index in [-0.39, 0.29) is 18.1 Å². The molecule has 0 spiro atoms. The van der Waals surface area contributed by atoms with E-state index in [0.717, 1.165) is 11.8 Å². The lowest BCUT2D eigenvalue weighted by molar-refractivity contribution is -0.110.